The van der Waals surface area contributed by atoms with E-state index in [1.54, 1.807) is 0 Å². The Bertz CT molecular complexity index is 896. The average Bonchev–Trinajstić information content (AvgIpc) is 2.62. The summed E-state index contributed by atoms with van der Waals surface area (Å²) in [6.07, 6.45) is 0.0608. The van der Waals surface area contributed by atoms with Gasteiger partial charge in [0.2, 0.25) is 0 Å². The molecule has 1 N–H and O–H groups in total. The molecular formula is C22H23NO2. The van der Waals surface area contributed by atoms with Crippen molar-refractivity contribution < 1.29 is 9.53 Å². The zero-order valence-electron chi connectivity index (χ0n) is 14.9. The van der Waals surface area contributed by atoms with Gasteiger partial charge in [-0.25, -0.2) is 0 Å². The molecule has 0 spiro atoms. The zero-order valence-corrected chi connectivity index (χ0v) is 14.9. The monoisotopic (exact) mass is 333 g/mol. The first-order chi connectivity index (χ1) is 12.1. The summed E-state index contributed by atoms with van der Waals surface area (Å²) in [5, 5.41) is 5.12. The summed E-state index contributed by atoms with van der Waals surface area (Å²) < 4.78 is 6.07. The van der Waals surface area contributed by atoms with Crippen LogP contribution in [0.5, 0.6) is 5.75 Å². The molecular weight excluding hydrogens is 310 g/mol. The molecule has 3 rings (SSSR count). The Morgan fingerprint density at radius 1 is 1.04 bits per heavy atom. The van der Waals surface area contributed by atoms with Crippen molar-refractivity contribution in [2.45, 2.75) is 33.3 Å². The van der Waals surface area contributed by atoms with Crippen LogP contribution in [0.25, 0.3) is 10.8 Å². The van der Waals surface area contributed by atoms with Gasteiger partial charge in [0.05, 0.1) is 0 Å². The van der Waals surface area contributed by atoms with Gasteiger partial charge in [-0.3, -0.25) is 4.79 Å². The number of hydrogen-bond donors (Lipinski definition) is 1. The van der Waals surface area contributed by atoms with Crippen LogP contribution in [0.2, 0.25) is 0 Å². The van der Waals surface area contributed by atoms with Crippen LogP contribution in [0, 0.1) is 13.8 Å². The molecule has 0 heterocycles. The number of hydrogen-bond acceptors (Lipinski definition) is 2. The van der Waals surface area contributed by atoms with Crippen LogP contribution in [0.1, 0.15) is 24.5 Å². The third kappa shape index (κ3) is 3.82. The second-order valence-electron chi connectivity index (χ2n) is 6.30. The molecule has 0 saturated heterocycles. The summed E-state index contributed by atoms with van der Waals surface area (Å²) in [7, 11) is 0. The number of fused-ring (bicyclic) bond motifs is 1. The van der Waals surface area contributed by atoms with E-state index in [0.29, 0.717) is 6.42 Å². The summed E-state index contributed by atoms with van der Waals surface area (Å²) in [6.45, 7) is 5.96. The standard InChI is InChI=1S/C22H23NO2/c1-4-20(22(24)23-19-14-15(2)12-13-16(19)3)25-21-11-7-9-17-8-5-6-10-18(17)21/h5-14,20H,4H2,1-3H3,(H,23,24)/t20-/m1/s1. The van der Waals surface area contributed by atoms with Gasteiger partial charge in [0.1, 0.15) is 5.75 Å². The maximum Gasteiger partial charge on any atom is 0.265 e. The molecule has 0 radical (unpaired) electrons. The van der Waals surface area contributed by atoms with Crippen LogP contribution >= 0.6 is 0 Å². The van der Waals surface area contributed by atoms with Crippen LogP contribution in [0.3, 0.4) is 0 Å². The number of amides is 1. The summed E-state index contributed by atoms with van der Waals surface area (Å²) >= 11 is 0. The predicted octanol–water partition coefficient (Wildman–Crippen LogP) is 5.25. The first kappa shape index (κ1) is 17.0. The van der Waals surface area contributed by atoms with Gasteiger partial charge in [-0.2, -0.15) is 0 Å². The molecule has 0 fully saturated rings. The van der Waals surface area contributed by atoms with Crippen LogP contribution in [0.4, 0.5) is 5.69 Å². The highest BCUT2D eigenvalue weighted by molar-refractivity contribution is 5.95. The SMILES string of the molecule is CC[C@@H](Oc1cccc2ccccc12)C(=O)Nc1cc(C)ccc1C. The molecule has 0 bridgehead atoms. The number of benzene rings is 3. The van der Waals surface area contributed by atoms with Crippen molar-refractivity contribution in [3.05, 3.63) is 71.8 Å². The molecule has 3 aromatic rings. The number of rotatable bonds is 5. The largest absolute Gasteiger partial charge is 0.480 e. The van der Waals surface area contributed by atoms with E-state index < -0.39 is 6.10 Å². The Hall–Kier alpha value is -2.81. The minimum absolute atomic E-state index is 0.121. The number of aryl methyl sites for hydroxylation is 2. The zero-order chi connectivity index (χ0) is 17.8. The molecule has 0 unspecified atom stereocenters. The number of ether oxygens (including phenoxy) is 1. The lowest BCUT2D eigenvalue weighted by Crippen LogP contribution is -2.32. The van der Waals surface area contributed by atoms with Crippen molar-refractivity contribution >= 4 is 22.4 Å². The van der Waals surface area contributed by atoms with Gasteiger partial charge in [0.15, 0.2) is 6.10 Å². The Kier molecular flexibility index (Phi) is 5.03. The molecule has 1 atom stereocenters. The van der Waals surface area contributed by atoms with Gasteiger partial charge in [0.25, 0.3) is 5.91 Å². The second kappa shape index (κ2) is 7.39. The fourth-order valence-corrected chi connectivity index (χ4v) is 2.86. The molecule has 0 saturated carbocycles. The highest BCUT2D eigenvalue weighted by atomic mass is 16.5. The van der Waals surface area contributed by atoms with Crippen molar-refractivity contribution in [2.75, 3.05) is 5.32 Å². The predicted molar refractivity (Wildman–Crippen MR) is 103 cm³/mol. The normalized spacial score (nSPS) is 12.0. The minimum atomic E-state index is -0.536. The molecule has 3 nitrogen and oxygen atoms in total. The molecule has 1 amide bonds. The van der Waals surface area contributed by atoms with Gasteiger partial charge in [0, 0.05) is 11.1 Å². The first-order valence-corrected chi connectivity index (χ1v) is 8.61. The second-order valence-corrected chi connectivity index (χ2v) is 6.30. The van der Waals surface area contributed by atoms with Crippen molar-refractivity contribution in [1.29, 1.82) is 0 Å². The summed E-state index contributed by atoms with van der Waals surface area (Å²) in [4.78, 5) is 12.7. The smallest absolute Gasteiger partial charge is 0.265 e. The van der Waals surface area contributed by atoms with E-state index in [2.05, 4.69) is 5.32 Å². The van der Waals surface area contributed by atoms with Gasteiger partial charge in [-0.1, -0.05) is 55.5 Å². The molecule has 0 aliphatic carbocycles. The van der Waals surface area contributed by atoms with E-state index in [4.69, 9.17) is 4.74 Å². The summed E-state index contributed by atoms with van der Waals surface area (Å²) in [5.41, 5.74) is 2.99. The van der Waals surface area contributed by atoms with E-state index in [0.717, 1.165) is 33.3 Å². The summed E-state index contributed by atoms with van der Waals surface area (Å²) in [5.74, 6) is 0.616. The van der Waals surface area contributed by atoms with Crippen LogP contribution in [-0.4, -0.2) is 12.0 Å². The molecule has 0 aliphatic heterocycles. The Labute approximate surface area is 148 Å². The lowest BCUT2D eigenvalue weighted by Gasteiger charge is -2.19. The maximum atomic E-state index is 12.7. The minimum Gasteiger partial charge on any atom is -0.480 e. The summed E-state index contributed by atoms with van der Waals surface area (Å²) in [6, 6.07) is 20.0. The van der Waals surface area contributed by atoms with Crippen LogP contribution in [-0.2, 0) is 4.79 Å². The topological polar surface area (TPSA) is 38.3 Å². The van der Waals surface area contributed by atoms with E-state index in [1.807, 2.05) is 81.4 Å². The molecule has 128 valence electrons. The fourth-order valence-electron chi connectivity index (χ4n) is 2.86. The highest BCUT2D eigenvalue weighted by Gasteiger charge is 2.20. The molecule has 3 heteroatoms. The van der Waals surface area contributed by atoms with E-state index in [-0.39, 0.29) is 5.91 Å². The fraction of sp³-hybridized carbons (Fsp3) is 0.227. The molecule has 3 aromatic carbocycles. The first-order valence-electron chi connectivity index (χ1n) is 8.61. The Morgan fingerprint density at radius 2 is 1.80 bits per heavy atom. The maximum absolute atomic E-state index is 12.7. The number of anilines is 1. The quantitative estimate of drug-likeness (QED) is 0.692. The van der Waals surface area contributed by atoms with Gasteiger partial charge in [-0.05, 0) is 48.9 Å². The molecule has 0 aliphatic rings. The Morgan fingerprint density at radius 3 is 2.60 bits per heavy atom. The Balaban J connectivity index is 1.82. The molecule has 25 heavy (non-hydrogen) atoms. The lowest BCUT2D eigenvalue weighted by molar-refractivity contribution is -0.122. The van der Waals surface area contributed by atoms with Crippen LogP contribution in [0.15, 0.2) is 60.7 Å². The lowest BCUT2D eigenvalue weighted by atomic mass is 10.1. The number of carbonyl (C=O) groups excluding carboxylic acids is 1. The van der Waals surface area contributed by atoms with Gasteiger partial charge in [-0.15, -0.1) is 0 Å². The van der Waals surface area contributed by atoms with Crippen molar-refractivity contribution in [2.24, 2.45) is 0 Å². The number of carbonyl (C=O) groups is 1. The van der Waals surface area contributed by atoms with E-state index in [9.17, 15) is 4.79 Å². The third-order valence-corrected chi connectivity index (χ3v) is 4.33. The van der Waals surface area contributed by atoms with E-state index in [1.165, 1.54) is 0 Å². The van der Waals surface area contributed by atoms with Gasteiger partial charge < -0.3 is 10.1 Å². The van der Waals surface area contributed by atoms with Crippen molar-refractivity contribution in [3.8, 4) is 5.75 Å². The highest BCUT2D eigenvalue weighted by Crippen LogP contribution is 2.27. The average molecular weight is 333 g/mol. The third-order valence-electron chi connectivity index (χ3n) is 4.33. The van der Waals surface area contributed by atoms with Crippen LogP contribution < -0.4 is 10.1 Å². The van der Waals surface area contributed by atoms with Crippen molar-refractivity contribution in [3.63, 3.8) is 0 Å². The number of nitrogens with one attached hydrogen (secondary N) is 1. The molecule has 0 aromatic heterocycles. The van der Waals surface area contributed by atoms with Crippen molar-refractivity contribution in [1.82, 2.24) is 0 Å². The van der Waals surface area contributed by atoms with Gasteiger partial charge >= 0.3 is 0 Å². The van der Waals surface area contributed by atoms with E-state index >= 15 is 0 Å².